The Morgan fingerprint density at radius 3 is 2.64 bits per heavy atom. The Morgan fingerprint density at radius 2 is 2.14 bits per heavy atom. The number of nitrogens with one attached hydrogen (secondary N) is 1. The lowest BCUT2D eigenvalue weighted by Crippen LogP contribution is -2.30. The zero-order valence-corrected chi connectivity index (χ0v) is 8.89. The van der Waals surface area contributed by atoms with Gasteiger partial charge in [-0.15, -0.1) is 4.83 Å². The fraction of sp³-hybridized carbons (Fsp3) is 0.143. The van der Waals surface area contributed by atoms with Gasteiger partial charge >= 0.3 is 0 Å². The highest BCUT2D eigenvalue weighted by atomic mass is 35.5. The van der Waals surface area contributed by atoms with E-state index in [1.54, 1.807) is 4.83 Å². The lowest BCUT2D eigenvalue weighted by molar-refractivity contribution is 0.402. The van der Waals surface area contributed by atoms with Gasteiger partial charge in [-0.25, -0.2) is 8.42 Å². The highest BCUT2D eigenvalue weighted by Crippen LogP contribution is 2.26. The second-order valence-electron chi connectivity index (χ2n) is 2.42. The third-order valence-corrected chi connectivity index (χ3v) is 3.03. The number of sulfonamides is 1. The van der Waals surface area contributed by atoms with Crippen LogP contribution in [0.4, 0.5) is 0 Å². The average molecular weight is 237 g/mol. The van der Waals surface area contributed by atoms with E-state index in [0.29, 0.717) is 5.02 Å². The summed E-state index contributed by atoms with van der Waals surface area (Å²) in [6.45, 7) is 0. The van der Waals surface area contributed by atoms with Crippen molar-refractivity contribution in [3.05, 3.63) is 23.2 Å². The van der Waals surface area contributed by atoms with Crippen LogP contribution in [-0.2, 0) is 10.0 Å². The Bertz CT molecular complexity index is 433. The summed E-state index contributed by atoms with van der Waals surface area (Å²) in [5, 5.41) is 0.387. The van der Waals surface area contributed by atoms with E-state index in [1.807, 2.05) is 0 Å². The summed E-state index contributed by atoms with van der Waals surface area (Å²) in [4.78, 5) is 1.65. The molecular formula is C7H9ClN2O3S. The van der Waals surface area contributed by atoms with Crippen LogP contribution in [0, 0.1) is 0 Å². The molecule has 0 aromatic heterocycles. The van der Waals surface area contributed by atoms with E-state index in [2.05, 4.69) is 0 Å². The topological polar surface area (TPSA) is 81.4 Å². The van der Waals surface area contributed by atoms with E-state index in [0.717, 1.165) is 0 Å². The van der Waals surface area contributed by atoms with Crippen LogP contribution < -0.4 is 15.4 Å². The quantitative estimate of drug-likeness (QED) is 0.592. The maximum absolute atomic E-state index is 11.3. The molecule has 0 aliphatic heterocycles. The van der Waals surface area contributed by atoms with E-state index in [1.165, 1.54) is 25.3 Å². The molecule has 5 nitrogen and oxygen atoms in total. The summed E-state index contributed by atoms with van der Waals surface area (Å²) in [5.41, 5.74) is 0. The Morgan fingerprint density at radius 1 is 1.50 bits per heavy atom. The summed E-state index contributed by atoms with van der Waals surface area (Å²) >= 11 is 5.66. The van der Waals surface area contributed by atoms with Gasteiger partial charge in [0.25, 0.3) is 10.0 Å². The summed E-state index contributed by atoms with van der Waals surface area (Å²) < 4.78 is 27.5. The molecule has 7 heteroatoms. The first kappa shape index (κ1) is 11.3. The van der Waals surface area contributed by atoms with E-state index < -0.39 is 10.0 Å². The molecule has 0 unspecified atom stereocenters. The third-order valence-electron chi connectivity index (χ3n) is 1.57. The predicted molar refractivity (Wildman–Crippen MR) is 52.5 cm³/mol. The highest BCUT2D eigenvalue weighted by molar-refractivity contribution is 7.89. The highest BCUT2D eigenvalue weighted by Gasteiger charge is 2.17. The summed E-state index contributed by atoms with van der Waals surface area (Å²) in [5.74, 6) is 5.02. The number of halogens is 1. The number of rotatable bonds is 3. The van der Waals surface area contributed by atoms with Crippen molar-refractivity contribution in [1.82, 2.24) is 4.83 Å². The molecule has 0 fully saturated rings. The largest absolute Gasteiger partial charge is 0.495 e. The number of hydrogen-bond donors (Lipinski definition) is 2. The van der Waals surface area contributed by atoms with Crippen molar-refractivity contribution in [3.63, 3.8) is 0 Å². The third kappa shape index (κ3) is 2.16. The maximum Gasteiger partial charge on any atom is 0.256 e. The molecule has 78 valence electrons. The zero-order chi connectivity index (χ0) is 10.8. The number of hydrogen-bond acceptors (Lipinski definition) is 4. The zero-order valence-electron chi connectivity index (χ0n) is 7.32. The second kappa shape index (κ2) is 4.14. The van der Waals surface area contributed by atoms with Gasteiger partial charge in [-0.05, 0) is 12.1 Å². The van der Waals surface area contributed by atoms with Crippen LogP contribution in [0.2, 0.25) is 5.02 Å². The molecule has 0 amide bonds. The monoisotopic (exact) mass is 236 g/mol. The minimum atomic E-state index is -3.71. The van der Waals surface area contributed by atoms with Gasteiger partial charge in [0.2, 0.25) is 0 Å². The van der Waals surface area contributed by atoms with E-state index in [4.69, 9.17) is 22.2 Å². The molecule has 1 aromatic rings. The predicted octanol–water partition coefficient (Wildman–Crippen LogP) is 0.501. The smallest absolute Gasteiger partial charge is 0.256 e. The number of methoxy groups -OCH3 is 1. The Hall–Kier alpha value is -0.820. The molecule has 14 heavy (non-hydrogen) atoms. The minimum absolute atomic E-state index is 0.0492. The molecule has 0 atom stereocenters. The van der Waals surface area contributed by atoms with Crippen molar-refractivity contribution >= 4 is 21.6 Å². The Labute approximate surface area is 86.8 Å². The summed E-state index contributed by atoms with van der Waals surface area (Å²) in [6, 6.07) is 4.15. The van der Waals surface area contributed by atoms with Crippen LogP contribution in [0.15, 0.2) is 23.1 Å². The second-order valence-corrected chi connectivity index (χ2v) is 4.54. The fourth-order valence-electron chi connectivity index (χ4n) is 0.927. The van der Waals surface area contributed by atoms with Crippen LogP contribution in [0.25, 0.3) is 0 Å². The van der Waals surface area contributed by atoms with Crippen LogP contribution >= 0.6 is 11.6 Å². The molecule has 0 heterocycles. The first-order valence-corrected chi connectivity index (χ1v) is 5.43. The molecule has 0 radical (unpaired) electrons. The standard InChI is InChI=1S/C7H9ClN2O3S/c1-13-6-4-5(8)2-3-7(6)14(11,12)10-9/h2-4,10H,9H2,1H3. The molecule has 1 rings (SSSR count). The average Bonchev–Trinajstić information content (AvgIpc) is 2.17. The van der Waals surface area contributed by atoms with Gasteiger partial charge in [-0.1, -0.05) is 11.6 Å². The number of ether oxygens (including phenoxy) is 1. The molecule has 0 bridgehead atoms. The van der Waals surface area contributed by atoms with E-state index in [9.17, 15) is 8.42 Å². The van der Waals surface area contributed by atoms with Crippen LogP contribution in [0.1, 0.15) is 0 Å². The first-order chi connectivity index (χ1) is 6.51. The van der Waals surface area contributed by atoms with Crippen LogP contribution in [0.5, 0.6) is 5.75 Å². The normalized spacial score (nSPS) is 11.4. The Kier molecular flexibility index (Phi) is 3.33. The van der Waals surface area contributed by atoms with Crippen LogP contribution in [-0.4, -0.2) is 15.5 Å². The molecule has 0 aliphatic rings. The molecule has 1 aromatic carbocycles. The van der Waals surface area contributed by atoms with Crippen molar-refractivity contribution < 1.29 is 13.2 Å². The Balaban J connectivity index is 3.35. The molecule has 0 spiro atoms. The maximum atomic E-state index is 11.3. The van der Waals surface area contributed by atoms with Gasteiger partial charge in [-0.2, -0.15) is 0 Å². The number of benzene rings is 1. The lowest BCUT2D eigenvalue weighted by atomic mass is 10.3. The first-order valence-electron chi connectivity index (χ1n) is 3.57. The van der Waals surface area contributed by atoms with Crippen molar-refractivity contribution in [2.24, 2.45) is 5.84 Å². The SMILES string of the molecule is COc1cc(Cl)ccc1S(=O)(=O)NN. The van der Waals surface area contributed by atoms with Gasteiger partial charge in [0.1, 0.15) is 10.6 Å². The minimum Gasteiger partial charge on any atom is -0.495 e. The van der Waals surface area contributed by atoms with Gasteiger partial charge in [0.15, 0.2) is 0 Å². The number of hydrazine groups is 1. The number of nitrogens with two attached hydrogens (primary N) is 1. The molecule has 0 saturated carbocycles. The van der Waals surface area contributed by atoms with Gasteiger partial charge in [0, 0.05) is 11.1 Å². The lowest BCUT2D eigenvalue weighted by Gasteiger charge is -2.08. The molecular weight excluding hydrogens is 228 g/mol. The van der Waals surface area contributed by atoms with Crippen molar-refractivity contribution in [3.8, 4) is 5.75 Å². The van der Waals surface area contributed by atoms with Crippen molar-refractivity contribution in [1.29, 1.82) is 0 Å². The molecule has 0 saturated heterocycles. The molecule has 0 aliphatic carbocycles. The van der Waals surface area contributed by atoms with Crippen LogP contribution in [0.3, 0.4) is 0 Å². The van der Waals surface area contributed by atoms with Gasteiger partial charge < -0.3 is 4.74 Å². The summed E-state index contributed by atoms with van der Waals surface area (Å²) in [7, 11) is -2.37. The van der Waals surface area contributed by atoms with E-state index >= 15 is 0 Å². The van der Waals surface area contributed by atoms with Crippen molar-refractivity contribution in [2.45, 2.75) is 4.90 Å². The van der Waals surface area contributed by atoms with Gasteiger partial charge in [-0.3, -0.25) is 5.84 Å². The molecule has 3 N–H and O–H groups in total. The van der Waals surface area contributed by atoms with E-state index in [-0.39, 0.29) is 10.6 Å². The summed E-state index contributed by atoms with van der Waals surface area (Å²) in [6.07, 6.45) is 0. The fourth-order valence-corrected chi connectivity index (χ4v) is 1.87. The van der Waals surface area contributed by atoms with Crippen molar-refractivity contribution in [2.75, 3.05) is 7.11 Å². The van der Waals surface area contributed by atoms with Gasteiger partial charge in [0.05, 0.1) is 7.11 Å².